The van der Waals surface area contributed by atoms with Gasteiger partial charge in [0.15, 0.2) is 0 Å². The minimum Gasteiger partial charge on any atom is -0.391 e. The summed E-state index contributed by atoms with van der Waals surface area (Å²) in [5.41, 5.74) is -0.0300. The van der Waals surface area contributed by atoms with Gasteiger partial charge in [-0.3, -0.25) is 14.5 Å². The van der Waals surface area contributed by atoms with Crippen LogP contribution in [0.5, 0.6) is 0 Å². The maximum Gasteiger partial charge on any atom is 0.255 e. The molecule has 0 aromatic heterocycles. The number of morpholine rings is 1. The Kier molecular flexibility index (Phi) is 4.04. The Balaban J connectivity index is 2.51. The highest BCUT2D eigenvalue weighted by Gasteiger charge is 2.29. The quantitative estimate of drug-likeness (QED) is 0.700. The van der Waals surface area contributed by atoms with Crippen LogP contribution in [-0.4, -0.2) is 47.7 Å². The molecule has 1 saturated heterocycles. The first-order valence-corrected chi connectivity index (χ1v) is 5.38. The van der Waals surface area contributed by atoms with E-state index in [1.807, 2.05) is 20.8 Å². The molecule has 1 heterocycles. The van der Waals surface area contributed by atoms with E-state index in [4.69, 9.17) is 4.74 Å². The third kappa shape index (κ3) is 3.90. The fraction of sp³-hybridized carbons (Fsp3) is 0.818. The van der Waals surface area contributed by atoms with Crippen LogP contribution in [0.3, 0.4) is 0 Å². The van der Waals surface area contributed by atoms with Gasteiger partial charge < -0.3 is 9.84 Å². The van der Waals surface area contributed by atoms with Gasteiger partial charge in [0.2, 0.25) is 0 Å². The number of amides is 2. The van der Waals surface area contributed by atoms with Crippen LogP contribution in [0.15, 0.2) is 0 Å². The summed E-state index contributed by atoms with van der Waals surface area (Å²) in [4.78, 5) is 23.8. The molecule has 0 spiro atoms. The number of ether oxygens (including phenoxy) is 1. The summed E-state index contributed by atoms with van der Waals surface area (Å²) < 4.78 is 4.78. The van der Waals surface area contributed by atoms with Crippen molar-refractivity contribution in [2.75, 3.05) is 19.8 Å². The molecule has 1 atom stereocenters. The number of β-amino-alcohol motifs (C(OH)–C–C–N with tert-alkyl or cyclic N) is 1. The van der Waals surface area contributed by atoms with Crippen LogP contribution in [-0.2, 0) is 14.3 Å². The van der Waals surface area contributed by atoms with Crippen molar-refractivity contribution in [1.29, 1.82) is 0 Å². The second-order valence-corrected chi connectivity index (χ2v) is 5.31. The van der Waals surface area contributed by atoms with Gasteiger partial charge >= 0.3 is 0 Å². The van der Waals surface area contributed by atoms with Crippen molar-refractivity contribution in [1.82, 2.24) is 4.90 Å². The summed E-state index contributed by atoms with van der Waals surface area (Å²) in [7, 11) is 0. The first-order valence-electron chi connectivity index (χ1n) is 5.38. The van der Waals surface area contributed by atoms with Crippen molar-refractivity contribution in [2.45, 2.75) is 33.3 Å². The smallest absolute Gasteiger partial charge is 0.255 e. The van der Waals surface area contributed by atoms with E-state index in [1.165, 1.54) is 0 Å². The highest BCUT2D eigenvalue weighted by atomic mass is 16.5. The zero-order valence-electron chi connectivity index (χ0n) is 10.0. The Morgan fingerprint density at radius 3 is 2.25 bits per heavy atom. The largest absolute Gasteiger partial charge is 0.391 e. The van der Waals surface area contributed by atoms with E-state index in [1.54, 1.807) is 0 Å². The third-order valence-corrected chi connectivity index (χ3v) is 2.29. The number of carbonyl (C=O) groups is 2. The van der Waals surface area contributed by atoms with Gasteiger partial charge in [0, 0.05) is 0 Å². The lowest BCUT2D eigenvalue weighted by molar-refractivity contribution is -0.160. The predicted octanol–water partition coefficient (Wildman–Crippen LogP) is 0.169. The minimum atomic E-state index is -0.675. The Morgan fingerprint density at radius 1 is 1.31 bits per heavy atom. The second-order valence-electron chi connectivity index (χ2n) is 5.31. The molecule has 16 heavy (non-hydrogen) atoms. The summed E-state index contributed by atoms with van der Waals surface area (Å²) in [5, 5.41) is 9.79. The van der Waals surface area contributed by atoms with Crippen LogP contribution in [0.1, 0.15) is 27.2 Å². The number of imide groups is 1. The molecule has 5 nitrogen and oxygen atoms in total. The molecule has 0 aliphatic carbocycles. The van der Waals surface area contributed by atoms with Crippen LogP contribution in [0, 0.1) is 5.41 Å². The Morgan fingerprint density at radius 2 is 1.81 bits per heavy atom. The Hall–Kier alpha value is -0.940. The molecule has 0 radical (unpaired) electrons. The number of carbonyl (C=O) groups excluding carboxylic acids is 2. The Labute approximate surface area is 95.4 Å². The van der Waals surface area contributed by atoms with E-state index >= 15 is 0 Å². The third-order valence-electron chi connectivity index (χ3n) is 2.29. The van der Waals surface area contributed by atoms with Gasteiger partial charge in [0.25, 0.3) is 11.8 Å². The Bertz CT molecular complexity index is 266. The number of hydrogen-bond donors (Lipinski definition) is 1. The van der Waals surface area contributed by atoms with Crippen molar-refractivity contribution in [2.24, 2.45) is 5.41 Å². The number of hydrogen-bond acceptors (Lipinski definition) is 4. The van der Waals surface area contributed by atoms with Crippen LogP contribution in [0.4, 0.5) is 0 Å². The lowest BCUT2D eigenvalue weighted by atomic mass is 9.89. The molecule has 1 rings (SSSR count). The van der Waals surface area contributed by atoms with Gasteiger partial charge in [-0.2, -0.15) is 0 Å². The molecule has 2 amide bonds. The monoisotopic (exact) mass is 229 g/mol. The average Bonchev–Trinajstić information content (AvgIpc) is 2.08. The SMILES string of the molecule is CC(C)(C)CC(O)CN1C(=O)COCC1=O. The zero-order chi connectivity index (χ0) is 12.3. The molecule has 92 valence electrons. The van der Waals surface area contributed by atoms with Crippen molar-refractivity contribution in [3.63, 3.8) is 0 Å². The molecule has 0 aromatic carbocycles. The summed E-state index contributed by atoms with van der Waals surface area (Å²) in [6.07, 6.45) is -0.128. The lowest BCUT2D eigenvalue weighted by Gasteiger charge is -2.29. The highest BCUT2D eigenvalue weighted by molar-refractivity contribution is 5.98. The molecular weight excluding hydrogens is 210 g/mol. The molecule has 1 fully saturated rings. The average molecular weight is 229 g/mol. The van der Waals surface area contributed by atoms with E-state index in [0.717, 1.165) is 4.90 Å². The topological polar surface area (TPSA) is 66.8 Å². The van der Waals surface area contributed by atoms with Crippen LogP contribution in [0.2, 0.25) is 0 Å². The predicted molar refractivity (Wildman–Crippen MR) is 57.6 cm³/mol. The fourth-order valence-corrected chi connectivity index (χ4v) is 1.71. The van der Waals surface area contributed by atoms with E-state index in [0.29, 0.717) is 6.42 Å². The first-order chi connectivity index (χ1) is 7.29. The van der Waals surface area contributed by atoms with E-state index < -0.39 is 6.10 Å². The fourth-order valence-electron chi connectivity index (χ4n) is 1.71. The maximum atomic E-state index is 11.4. The standard InChI is InChI=1S/C11H19NO4/c1-11(2,3)4-8(13)5-12-9(14)6-16-7-10(12)15/h8,13H,4-7H2,1-3H3. The van der Waals surface area contributed by atoms with Crippen LogP contribution < -0.4 is 0 Å². The number of nitrogens with zero attached hydrogens (tertiary/aromatic N) is 1. The molecule has 1 aliphatic rings. The molecule has 0 aromatic rings. The van der Waals surface area contributed by atoms with Crippen molar-refractivity contribution >= 4 is 11.8 Å². The van der Waals surface area contributed by atoms with Gasteiger partial charge in [-0.25, -0.2) is 0 Å². The number of aliphatic hydroxyl groups is 1. The van der Waals surface area contributed by atoms with Gasteiger partial charge in [-0.1, -0.05) is 20.8 Å². The van der Waals surface area contributed by atoms with Crippen molar-refractivity contribution < 1.29 is 19.4 Å². The normalized spacial score (nSPS) is 20.1. The zero-order valence-corrected chi connectivity index (χ0v) is 10.0. The lowest BCUT2D eigenvalue weighted by Crippen LogP contribution is -2.49. The number of rotatable bonds is 3. The van der Waals surface area contributed by atoms with Gasteiger partial charge in [-0.05, 0) is 11.8 Å². The minimum absolute atomic E-state index is 0.0300. The summed E-state index contributed by atoms with van der Waals surface area (Å²) >= 11 is 0. The summed E-state index contributed by atoms with van der Waals surface area (Å²) in [6.45, 7) is 5.91. The first kappa shape index (κ1) is 13.1. The van der Waals surface area contributed by atoms with E-state index in [2.05, 4.69) is 0 Å². The van der Waals surface area contributed by atoms with Gasteiger partial charge in [0.05, 0.1) is 12.6 Å². The molecule has 1 aliphatic heterocycles. The molecule has 1 N–H and O–H groups in total. The van der Waals surface area contributed by atoms with E-state index in [9.17, 15) is 14.7 Å². The second kappa shape index (κ2) is 4.93. The summed E-state index contributed by atoms with van der Waals surface area (Å²) in [5.74, 6) is -0.742. The molecule has 1 unspecified atom stereocenters. The summed E-state index contributed by atoms with van der Waals surface area (Å²) in [6, 6.07) is 0. The van der Waals surface area contributed by atoms with E-state index in [-0.39, 0.29) is 37.0 Å². The molecular formula is C11H19NO4. The molecule has 0 saturated carbocycles. The van der Waals surface area contributed by atoms with Crippen LogP contribution in [0.25, 0.3) is 0 Å². The molecule has 0 bridgehead atoms. The number of aliphatic hydroxyl groups excluding tert-OH is 1. The van der Waals surface area contributed by atoms with Gasteiger partial charge in [0.1, 0.15) is 13.2 Å². The maximum absolute atomic E-state index is 11.4. The highest BCUT2D eigenvalue weighted by Crippen LogP contribution is 2.21. The van der Waals surface area contributed by atoms with Crippen LogP contribution >= 0.6 is 0 Å². The molecule has 5 heteroatoms. The van der Waals surface area contributed by atoms with Gasteiger partial charge in [-0.15, -0.1) is 0 Å². The van der Waals surface area contributed by atoms with Crippen molar-refractivity contribution in [3.05, 3.63) is 0 Å². The van der Waals surface area contributed by atoms with Crippen molar-refractivity contribution in [3.8, 4) is 0 Å².